The Morgan fingerprint density at radius 3 is 2.45 bits per heavy atom. The summed E-state index contributed by atoms with van der Waals surface area (Å²) in [4.78, 5) is 35.0. The zero-order valence-corrected chi connectivity index (χ0v) is 18.6. The molecule has 0 aliphatic heterocycles. The number of nitrogens with one attached hydrogen (secondary N) is 1. The number of amides is 1. The van der Waals surface area contributed by atoms with Crippen molar-refractivity contribution in [3.63, 3.8) is 0 Å². The number of nitro benzene ring substituents is 1. The van der Waals surface area contributed by atoms with Crippen LogP contribution < -0.4 is 10.1 Å². The van der Waals surface area contributed by atoms with Crippen LogP contribution in [0.2, 0.25) is 5.02 Å². The van der Waals surface area contributed by atoms with E-state index in [0.717, 1.165) is 5.56 Å². The van der Waals surface area contributed by atoms with Crippen LogP contribution >= 0.6 is 11.6 Å². The second kappa shape index (κ2) is 10.6. The lowest BCUT2D eigenvalue weighted by Crippen LogP contribution is -2.31. The lowest BCUT2D eigenvalue weighted by Gasteiger charge is -2.14. The molecule has 172 valence electrons. The summed E-state index contributed by atoms with van der Waals surface area (Å²) in [5.41, 5.74) is 1.13. The average molecular weight is 473 g/mol. The number of halogens is 1. The van der Waals surface area contributed by atoms with Crippen molar-refractivity contribution >= 4 is 29.2 Å². The fraction of sp³-hybridized carbons (Fsp3) is 0.227. The lowest BCUT2D eigenvalue weighted by atomic mass is 10.1. The number of esters is 1. The first-order valence-electron chi connectivity index (χ1n) is 9.97. The summed E-state index contributed by atoms with van der Waals surface area (Å²) in [6.45, 7) is 3.23. The molecule has 0 radical (unpaired) electrons. The van der Waals surface area contributed by atoms with E-state index in [4.69, 9.17) is 21.1 Å². The van der Waals surface area contributed by atoms with Crippen LogP contribution in [0.5, 0.6) is 5.75 Å². The zero-order valence-electron chi connectivity index (χ0n) is 17.9. The van der Waals surface area contributed by atoms with Crippen LogP contribution in [0.25, 0.3) is 5.69 Å². The summed E-state index contributed by atoms with van der Waals surface area (Å²) in [5, 5.41) is 18.4. The highest BCUT2D eigenvalue weighted by Gasteiger charge is 2.22. The predicted octanol–water partition coefficient (Wildman–Crippen LogP) is 3.87. The van der Waals surface area contributed by atoms with Gasteiger partial charge in [0.15, 0.2) is 12.4 Å². The maximum Gasteiger partial charge on any atom is 0.362 e. The topological polar surface area (TPSA) is 126 Å². The molecule has 0 aliphatic rings. The molecule has 1 amide bonds. The van der Waals surface area contributed by atoms with Gasteiger partial charge in [0.05, 0.1) is 29.5 Å². The van der Waals surface area contributed by atoms with E-state index in [-0.39, 0.29) is 36.4 Å². The third kappa shape index (κ3) is 6.07. The number of hydrogen-bond donors (Lipinski definition) is 1. The molecule has 0 bridgehead atoms. The summed E-state index contributed by atoms with van der Waals surface area (Å²) in [6, 6.07) is 12.4. The number of hydrogen-bond acceptors (Lipinski definition) is 7. The molecule has 1 aromatic heterocycles. The van der Waals surface area contributed by atoms with Gasteiger partial charge in [0.25, 0.3) is 11.6 Å². The van der Waals surface area contributed by atoms with Gasteiger partial charge in [-0.25, -0.2) is 9.48 Å². The third-order valence-electron chi connectivity index (χ3n) is 4.58. The molecule has 0 aliphatic carbocycles. The van der Waals surface area contributed by atoms with E-state index in [2.05, 4.69) is 10.4 Å². The van der Waals surface area contributed by atoms with Crippen molar-refractivity contribution in [3.05, 3.63) is 81.1 Å². The molecule has 1 N–H and O–H groups in total. The zero-order chi connectivity index (χ0) is 24.0. The lowest BCUT2D eigenvalue weighted by molar-refractivity contribution is -0.384. The minimum atomic E-state index is -0.719. The van der Waals surface area contributed by atoms with Gasteiger partial charge in [-0.1, -0.05) is 23.7 Å². The number of nitro groups is 1. The minimum Gasteiger partial charge on any atom is -0.480 e. The largest absolute Gasteiger partial charge is 0.480 e. The molecule has 33 heavy (non-hydrogen) atoms. The molecule has 10 nitrogen and oxygen atoms in total. The van der Waals surface area contributed by atoms with Gasteiger partial charge in [0, 0.05) is 17.2 Å². The normalized spacial score (nSPS) is 11.5. The first kappa shape index (κ1) is 23.7. The molecule has 0 saturated heterocycles. The Bertz CT molecular complexity index is 1140. The van der Waals surface area contributed by atoms with E-state index in [1.807, 2.05) is 6.92 Å². The standard InChI is InChI=1S/C22H21ClN4O6/c1-3-32-22(29)21-19(12-26(25-21)17-8-10-18(11-9-17)27(30)31)33-13-20(28)24-14(2)15-4-6-16(23)7-5-15/h4-12,14H,3,13H2,1-2H3,(H,24,28). The van der Waals surface area contributed by atoms with Crippen molar-refractivity contribution in [1.82, 2.24) is 15.1 Å². The van der Waals surface area contributed by atoms with Crippen molar-refractivity contribution in [2.24, 2.45) is 0 Å². The summed E-state index contributed by atoms with van der Waals surface area (Å²) in [5.74, 6) is -1.08. The molecule has 1 unspecified atom stereocenters. The van der Waals surface area contributed by atoms with E-state index in [0.29, 0.717) is 10.7 Å². The van der Waals surface area contributed by atoms with Gasteiger partial charge in [-0.2, -0.15) is 5.10 Å². The van der Waals surface area contributed by atoms with E-state index in [1.54, 1.807) is 31.2 Å². The first-order chi connectivity index (χ1) is 15.8. The van der Waals surface area contributed by atoms with Gasteiger partial charge in [0.2, 0.25) is 5.69 Å². The summed E-state index contributed by atoms with van der Waals surface area (Å²) >= 11 is 5.89. The summed E-state index contributed by atoms with van der Waals surface area (Å²) in [6.07, 6.45) is 1.41. The number of non-ortho nitro benzene ring substituents is 1. The number of rotatable bonds is 9. The Labute approximate surface area is 194 Å². The monoisotopic (exact) mass is 472 g/mol. The highest BCUT2D eigenvalue weighted by atomic mass is 35.5. The molecular formula is C22H21ClN4O6. The van der Waals surface area contributed by atoms with Crippen molar-refractivity contribution in [2.75, 3.05) is 13.2 Å². The molecule has 1 atom stereocenters. The smallest absolute Gasteiger partial charge is 0.362 e. The molecular weight excluding hydrogens is 452 g/mol. The quantitative estimate of drug-likeness (QED) is 0.284. The average Bonchev–Trinajstić information content (AvgIpc) is 3.23. The van der Waals surface area contributed by atoms with Crippen molar-refractivity contribution in [1.29, 1.82) is 0 Å². The van der Waals surface area contributed by atoms with Gasteiger partial charge in [0.1, 0.15) is 0 Å². The molecule has 0 spiro atoms. The van der Waals surface area contributed by atoms with Gasteiger partial charge >= 0.3 is 5.97 Å². The second-order valence-electron chi connectivity index (χ2n) is 6.91. The number of nitrogens with zero attached hydrogens (tertiary/aromatic N) is 3. The Hall–Kier alpha value is -3.92. The third-order valence-corrected chi connectivity index (χ3v) is 4.83. The Kier molecular flexibility index (Phi) is 7.62. The molecule has 3 aromatic rings. The first-order valence-corrected chi connectivity index (χ1v) is 10.4. The van der Waals surface area contributed by atoms with Gasteiger partial charge < -0.3 is 14.8 Å². The van der Waals surface area contributed by atoms with Crippen LogP contribution in [0.15, 0.2) is 54.7 Å². The van der Waals surface area contributed by atoms with Crippen LogP contribution in [-0.2, 0) is 9.53 Å². The molecule has 0 saturated carbocycles. The Morgan fingerprint density at radius 1 is 1.18 bits per heavy atom. The van der Waals surface area contributed by atoms with Gasteiger partial charge in [-0.05, 0) is 43.7 Å². The highest BCUT2D eigenvalue weighted by Crippen LogP contribution is 2.23. The SMILES string of the molecule is CCOC(=O)c1nn(-c2ccc([N+](=O)[O-])cc2)cc1OCC(=O)NC(C)c1ccc(Cl)cc1. The van der Waals surface area contributed by atoms with E-state index >= 15 is 0 Å². The number of benzene rings is 2. The molecule has 0 fully saturated rings. The molecule has 1 heterocycles. The number of carbonyl (C=O) groups excluding carboxylic acids is 2. The summed E-state index contributed by atoms with van der Waals surface area (Å²) < 4.78 is 11.9. The highest BCUT2D eigenvalue weighted by molar-refractivity contribution is 6.30. The van der Waals surface area contributed by atoms with E-state index < -0.39 is 16.8 Å². The van der Waals surface area contributed by atoms with Crippen LogP contribution in [0.1, 0.15) is 35.9 Å². The van der Waals surface area contributed by atoms with Crippen LogP contribution in [0.3, 0.4) is 0 Å². The molecule has 2 aromatic carbocycles. The number of carbonyl (C=O) groups is 2. The van der Waals surface area contributed by atoms with Gasteiger partial charge in [-0.15, -0.1) is 0 Å². The number of aromatic nitrogens is 2. The van der Waals surface area contributed by atoms with Gasteiger partial charge in [-0.3, -0.25) is 14.9 Å². The molecule has 3 rings (SSSR count). The van der Waals surface area contributed by atoms with Crippen LogP contribution in [-0.4, -0.2) is 39.8 Å². The predicted molar refractivity (Wildman–Crippen MR) is 120 cm³/mol. The van der Waals surface area contributed by atoms with Crippen molar-refractivity contribution in [3.8, 4) is 11.4 Å². The van der Waals surface area contributed by atoms with E-state index in [9.17, 15) is 19.7 Å². The summed E-state index contributed by atoms with van der Waals surface area (Å²) in [7, 11) is 0. The fourth-order valence-corrected chi connectivity index (χ4v) is 3.05. The Balaban J connectivity index is 1.73. The van der Waals surface area contributed by atoms with E-state index in [1.165, 1.54) is 35.1 Å². The minimum absolute atomic E-state index is 0.0427. The van der Waals surface area contributed by atoms with Crippen LogP contribution in [0, 0.1) is 10.1 Å². The fourth-order valence-electron chi connectivity index (χ4n) is 2.93. The van der Waals surface area contributed by atoms with Crippen molar-refractivity contribution < 1.29 is 24.0 Å². The Morgan fingerprint density at radius 2 is 1.85 bits per heavy atom. The maximum absolute atomic E-state index is 12.4. The van der Waals surface area contributed by atoms with Crippen LogP contribution in [0.4, 0.5) is 5.69 Å². The number of ether oxygens (including phenoxy) is 2. The maximum atomic E-state index is 12.4. The molecule has 11 heteroatoms. The van der Waals surface area contributed by atoms with Crippen molar-refractivity contribution in [2.45, 2.75) is 19.9 Å². The second-order valence-corrected chi connectivity index (χ2v) is 7.35.